The van der Waals surface area contributed by atoms with E-state index in [9.17, 15) is 4.39 Å². The Morgan fingerprint density at radius 1 is 0.962 bits per heavy atom. The Morgan fingerprint density at radius 2 is 1.77 bits per heavy atom. The molecule has 0 radical (unpaired) electrons. The third kappa shape index (κ3) is 3.26. The molecule has 0 aliphatic rings. The van der Waals surface area contributed by atoms with E-state index in [-0.39, 0.29) is 5.82 Å². The zero-order valence-corrected chi connectivity index (χ0v) is 15.1. The van der Waals surface area contributed by atoms with Crippen molar-refractivity contribution < 1.29 is 4.39 Å². The average Bonchev–Trinajstić information content (AvgIpc) is 3.02. The lowest BCUT2D eigenvalue weighted by Crippen LogP contribution is -2.03. The van der Waals surface area contributed by atoms with Crippen LogP contribution in [0.25, 0.3) is 16.9 Å². The van der Waals surface area contributed by atoms with E-state index < -0.39 is 0 Å². The SMILES string of the molecule is Fc1ccc(-c2nc3ccccn3c2NCc2ccc(Cl)c(Cl)c2)cc1. The number of pyridine rings is 1. The summed E-state index contributed by atoms with van der Waals surface area (Å²) in [5, 5.41) is 4.46. The first-order valence-corrected chi connectivity index (χ1v) is 8.78. The van der Waals surface area contributed by atoms with E-state index in [1.807, 2.05) is 40.9 Å². The first-order chi connectivity index (χ1) is 12.6. The number of aromatic nitrogens is 2. The molecule has 3 nitrogen and oxygen atoms in total. The third-order valence-corrected chi connectivity index (χ3v) is 4.83. The topological polar surface area (TPSA) is 29.3 Å². The predicted octanol–water partition coefficient (Wildman–Crippen LogP) is 6.06. The van der Waals surface area contributed by atoms with E-state index >= 15 is 0 Å². The molecule has 2 heterocycles. The van der Waals surface area contributed by atoms with Crippen molar-refractivity contribution in [2.75, 3.05) is 5.32 Å². The first-order valence-electron chi connectivity index (χ1n) is 8.02. The van der Waals surface area contributed by atoms with E-state index in [1.165, 1.54) is 12.1 Å². The molecular formula is C20H14Cl2FN3. The maximum Gasteiger partial charge on any atom is 0.139 e. The molecule has 0 saturated carbocycles. The van der Waals surface area contributed by atoms with Crippen molar-refractivity contribution >= 4 is 34.7 Å². The van der Waals surface area contributed by atoms with Crippen LogP contribution in [-0.2, 0) is 6.54 Å². The van der Waals surface area contributed by atoms with Gasteiger partial charge in [0.25, 0.3) is 0 Å². The maximum absolute atomic E-state index is 13.3. The van der Waals surface area contributed by atoms with E-state index in [4.69, 9.17) is 23.2 Å². The minimum absolute atomic E-state index is 0.275. The number of anilines is 1. The highest BCUT2D eigenvalue weighted by Crippen LogP contribution is 2.30. The number of imidazole rings is 1. The van der Waals surface area contributed by atoms with Crippen molar-refractivity contribution in [2.45, 2.75) is 6.54 Å². The summed E-state index contributed by atoms with van der Waals surface area (Å²) in [5.41, 5.74) is 3.40. The largest absolute Gasteiger partial charge is 0.365 e. The Kier molecular flexibility index (Phi) is 4.53. The summed E-state index contributed by atoms with van der Waals surface area (Å²) in [7, 11) is 0. The fraction of sp³-hybridized carbons (Fsp3) is 0.0500. The normalized spacial score (nSPS) is 11.0. The van der Waals surface area contributed by atoms with Crippen molar-refractivity contribution in [3.05, 3.63) is 88.3 Å². The molecule has 4 aromatic rings. The summed E-state index contributed by atoms with van der Waals surface area (Å²) in [5.74, 6) is 0.557. The third-order valence-electron chi connectivity index (χ3n) is 4.09. The lowest BCUT2D eigenvalue weighted by atomic mass is 10.1. The van der Waals surface area contributed by atoms with Crippen LogP contribution in [0.5, 0.6) is 0 Å². The summed E-state index contributed by atoms with van der Waals surface area (Å²) in [6.45, 7) is 0.549. The van der Waals surface area contributed by atoms with Crippen LogP contribution in [0.4, 0.5) is 10.2 Å². The standard InChI is InChI=1S/C20H14Cl2FN3/c21-16-9-4-13(11-17(16)22)12-24-20-19(14-5-7-15(23)8-6-14)25-18-3-1-2-10-26(18)20/h1-11,24H,12H2. The van der Waals surface area contributed by atoms with Crippen molar-refractivity contribution in [3.63, 3.8) is 0 Å². The van der Waals surface area contributed by atoms with Crippen molar-refractivity contribution in [2.24, 2.45) is 0 Å². The number of rotatable bonds is 4. The van der Waals surface area contributed by atoms with Gasteiger partial charge in [0.15, 0.2) is 0 Å². The molecule has 0 atom stereocenters. The van der Waals surface area contributed by atoms with Gasteiger partial charge in [0.1, 0.15) is 23.0 Å². The van der Waals surface area contributed by atoms with Crippen molar-refractivity contribution in [1.82, 2.24) is 9.38 Å². The first kappa shape index (κ1) is 16.9. The van der Waals surface area contributed by atoms with Crippen LogP contribution in [0.15, 0.2) is 66.9 Å². The van der Waals surface area contributed by atoms with E-state index in [0.29, 0.717) is 16.6 Å². The number of benzene rings is 2. The van der Waals surface area contributed by atoms with Crippen LogP contribution in [-0.4, -0.2) is 9.38 Å². The van der Waals surface area contributed by atoms with Gasteiger partial charge in [0.2, 0.25) is 0 Å². The van der Waals surface area contributed by atoms with Gasteiger partial charge < -0.3 is 5.32 Å². The lowest BCUT2D eigenvalue weighted by molar-refractivity contribution is 0.628. The second-order valence-corrected chi connectivity index (χ2v) is 6.66. The monoisotopic (exact) mass is 385 g/mol. The second kappa shape index (κ2) is 6.98. The number of nitrogens with zero attached hydrogens (tertiary/aromatic N) is 2. The Bertz CT molecular complexity index is 1070. The summed E-state index contributed by atoms with van der Waals surface area (Å²) >= 11 is 12.1. The summed E-state index contributed by atoms with van der Waals surface area (Å²) < 4.78 is 15.3. The Labute approximate surface area is 160 Å². The maximum atomic E-state index is 13.3. The average molecular weight is 386 g/mol. The summed E-state index contributed by atoms with van der Waals surface area (Å²) in [6.07, 6.45) is 1.94. The van der Waals surface area contributed by atoms with Gasteiger partial charge in [-0.25, -0.2) is 9.37 Å². The minimum atomic E-state index is -0.275. The van der Waals surface area contributed by atoms with Crippen molar-refractivity contribution in [1.29, 1.82) is 0 Å². The Morgan fingerprint density at radius 3 is 2.54 bits per heavy atom. The molecule has 0 bridgehead atoms. The number of hydrogen-bond donors (Lipinski definition) is 1. The molecule has 0 fully saturated rings. The molecule has 4 rings (SSSR count). The molecule has 0 amide bonds. The number of halogens is 3. The molecule has 0 saturated heterocycles. The second-order valence-electron chi connectivity index (χ2n) is 5.85. The fourth-order valence-electron chi connectivity index (χ4n) is 2.81. The number of hydrogen-bond acceptors (Lipinski definition) is 2. The molecular weight excluding hydrogens is 372 g/mol. The van der Waals surface area contributed by atoms with Gasteiger partial charge in [-0.1, -0.05) is 35.3 Å². The Hall–Kier alpha value is -2.56. The van der Waals surface area contributed by atoms with Gasteiger partial charge in [0.05, 0.1) is 10.0 Å². The highest BCUT2D eigenvalue weighted by Gasteiger charge is 2.14. The van der Waals surface area contributed by atoms with Gasteiger partial charge in [-0.15, -0.1) is 0 Å². The van der Waals surface area contributed by atoms with Crippen molar-refractivity contribution in [3.8, 4) is 11.3 Å². The fourth-order valence-corrected chi connectivity index (χ4v) is 3.13. The number of nitrogens with one attached hydrogen (secondary N) is 1. The van der Waals surface area contributed by atoms with Crippen LogP contribution in [0, 0.1) is 5.82 Å². The van der Waals surface area contributed by atoms with Gasteiger partial charge in [-0.3, -0.25) is 4.40 Å². The smallest absolute Gasteiger partial charge is 0.139 e. The van der Waals surface area contributed by atoms with Gasteiger partial charge in [-0.2, -0.15) is 0 Å². The summed E-state index contributed by atoms with van der Waals surface area (Å²) in [4.78, 5) is 4.69. The molecule has 0 spiro atoms. The predicted molar refractivity (Wildman–Crippen MR) is 104 cm³/mol. The van der Waals surface area contributed by atoms with Crippen LogP contribution in [0.3, 0.4) is 0 Å². The van der Waals surface area contributed by atoms with E-state index in [1.54, 1.807) is 18.2 Å². The molecule has 26 heavy (non-hydrogen) atoms. The van der Waals surface area contributed by atoms with Gasteiger partial charge in [-0.05, 0) is 54.1 Å². The van der Waals surface area contributed by atoms with Gasteiger partial charge in [0, 0.05) is 18.3 Å². The molecule has 2 aromatic carbocycles. The van der Waals surface area contributed by atoms with Crippen LogP contribution in [0.1, 0.15) is 5.56 Å². The zero-order chi connectivity index (χ0) is 18.1. The van der Waals surface area contributed by atoms with E-state index in [2.05, 4.69) is 10.3 Å². The molecule has 2 aromatic heterocycles. The van der Waals surface area contributed by atoms with Crippen LogP contribution >= 0.6 is 23.2 Å². The quantitative estimate of drug-likeness (QED) is 0.462. The molecule has 1 N–H and O–H groups in total. The summed E-state index contributed by atoms with van der Waals surface area (Å²) in [6, 6.07) is 17.6. The molecule has 130 valence electrons. The Balaban J connectivity index is 1.73. The zero-order valence-electron chi connectivity index (χ0n) is 13.6. The van der Waals surface area contributed by atoms with Gasteiger partial charge >= 0.3 is 0 Å². The highest BCUT2D eigenvalue weighted by atomic mass is 35.5. The molecule has 0 aliphatic carbocycles. The molecule has 0 aliphatic heterocycles. The molecule has 6 heteroatoms. The molecule has 0 unspecified atom stereocenters. The number of fused-ring (bicyclic) bond motifs is 1. The van der Waals surface area contributed by atoms with Crippen LogP contribution in [0.2, 0.25) is 10.0 Å². The van der Waals surface area contributed by atoms with E-state index in [0.717, 1.165) is 28.3 Å². The lowest BCUT2D eigenvalue weighted by Gasteiger charge is -2.10. The van der Waals surface area contributed by atoms with Crippen LogP contribution < -0.4 is 5.32 Å². The highest BCUT2D eigenvalue weighted by molar-refractivity contribution is 6.42. The minimum Gasteiger partial charge on any atom is -0.365 e.